The maximum atomic E-state index is 6.52. The van der Waals surface area contributed by atoms with Crippen molar-refractivity contribution in [3.8, 4) is 0 Å². The van der Waals surface area contributed by atoms with Crippen LogP contribution in [0.5, 0.6) is 0 Å². The molecule has 1 fully saturated rings. The Labute approximate surface area is 180 Å². The van der Waals surface area contributed by atoms with Gasteiger partial charge >= 0.3 is 0 Å². The first-order valence-electron chi connectivity index (χ1n) is 10.8. The lowest BCUT2D eigenvalue weighted by molar-refractivity contribution is -0.0160. The molecule has 0 spiro atoms. The quantitative estimate of drug-likeness (QED) is 0.540. The summed E-state index contributed by atoms with van der Waals surface area (Å²) in [6, 6.07) is 7.97. The van der Waals surface area contributed by atoms with Crippen molar-refractivity contribution < 1.29 is 4.74 Å². The van der Waals surface area contributed by atoms with Crippen LogP contribution in [0.4, 0.5) is 0 Å². The van der Waals surface area contributed by atoms with Gasteiger partial charge in [-0.15, -0.1) is 0 Å². The molecule has 6 heteroatoms. The van der Waals surface area contributed by atoms with Crippen molar-refractivity contribution >= 4 is 11.6 Å². The number of aromatic nitrogens is 2. The van der Waals surface area contributed by atoms with Gasteiger partial charge in [0.2, 0.25) is 0 Å². The smallest absolute Gasteiger partial charge is 0.148 e. The minimum absolute atomic E-state index is 0.609. The number of hydrogen-bond donors (Lipinski definition) is 0. The Hall–Kier alpha value is -1.40. The van der Waals surface area contributed by atoms with E-state index in [-0.39, 0.29) is 0 Å². The predicted octanol–water partition coefficient (Wildman–Crippen LogP) is 4.25. The maximum absolute atomic E-state index is 6.52. The van der Waals surface area contributed by atoms with Crippen molar-refractivity contribution in [1.29, 1.82) is 0 Å². The molecule has 0 saturated carbocycles. The van der Waals surface area contributed by atoms with Crippen LogP contribution in [-0.2, 0) is 16.9 Å². The minimum Gasteiger partial charge on any atom is -0.363 e. The Kier molecular flexibility index (Phi) is 8.13. The SMILES string of the molecule is CN(C)CCCOC(C)(c1ccc(Cl)cc1)c1nccn1CCN1CCCCC1. The Morgan fingerprint density at radius 3 is 2.52 bits per heavy atom. The summed E-state index contributed by atoms with van der Waals surface area (Å²) >= 11 is 6.14. The third kappa shape index (κ3) is 6.05. The first-order chi connectivity index (χ1) is 14.0. The van der Waals surface area contributed by atoms with E-state index < -0.39 is 5.60 Å². The molecule has 0 aliphatic carbocycles. The normalized spacial score (nSPS) is 17.6. The fourth-order valence-corrected chi connectivity index (χ4v) is 4.17. The molecule has 3 rings (SSSR count). The second-order valence-electron chi connectivity index (χ2n) is 8.39. The number of imidazole rings is 1. The summed E-state index contributed by atoms with van der Waals surface area (Å²) in [4.78, 5) is 9.48. The Morgan fingerprint density at radius 1 is 1.10 bits per heavy atom. The van der Waals surface area contributed by atoms with Crippen molar-refractivity contribution in [3.05, 3.63) is 53.1 Å². The van der Waals surface area contributed by atoms with Crippen LogP contribution in [0.3, 0.4) is 0 Å². The van der Waals surface area contributed by atoms with E-state index in [9.17, 15) is 0 Å². The second-order valence-corrected chi connectivity index (χ2v) is 8.83. The van der Waals surface area contributed by atoms with Gasteiger partial charge in [-0.3, -0.25) is 0 Å². The summed E-state index contributed by atoms with van der Waals surface area (Å²) in [5.74, 6) is 0.960. The summed E-state index contributed by atoms with van der Waals surface area (Å²) in [6.07, 6.45) is 8.94. The number of piperidine rings is 1. The fourth-order valence-electron chi connectivity index (χ4n) is 4.04. The highest BCUT2D eigenvalue weighted by Crippen LogP contribution is 2.33. The van der Waals surface area contributed by atoms with E-state index in [1.54, 1.807) is 0 Å². The highest BCUT2D eigenvalue weighted by atomic mass is 35.5. The van der Waals surface area contributed by atoms with Gasteiger partial charge in [0.15, 0.2) is 0 Å². The highest BCUT2D eigenvalue weighted by Gasteiger charge is 2.34. The molecule has 1 aliphatic rings. The van der Waals surface area contributed by atoms with E-state index >= 15 is 0 Å². The number of benzene rings is 1. The number of hydrogen-bond acceptors (Lipinski definition) is 4. The van der Waals surface area contributed by atoms with E-state index in [1.807, 2.05) is 18.3 Å². The van der Waals surface area contributed by atoms with Gasteiger partial charge < -0.3 is 19.1 Å². The summed E-state index contributed by atoms with van der Waals surface area (Å²) in [5, 5.41) is 0.733. The highest BCUT2D eigenvalue weighted by molar-refractivity contribution is 6.30. The van der Waals surface area contributed by atoms with E-state index in [0.717, 1.165) is 42.5 Å². The number of rotatable bonds is 10. The third-order valence-corrected chi connectivity index (χ3v) is 6.04. The molecule has 160 valence electrons. The van der Waals surface area contributed by atoms with E-state index in [1.165, 1.54) is 32.4 Å². The number of ether oxygens (including phenoxy) is 1. The van der Waals surface area contributed by atoms with Crippen molar-refractivity contribution in [1.82, 2.24) is 19.4 Å². The Bertz CT molecular complexity index is 740. The maximum Gasteiger partial charge on any atom is 0.148 e. The molecule has 2 aromatic rings. The Morgan fingerprint density at radius 2 is 1.83 bits per heavy atom. The largest absolute Gasteiger partial charge is 0.363 e. The topological polar surface area (TPSA) is 33.5 Å². The van der Waals surface area contributed by atoms with Gasteiger partial charge in [-0.2, -0.15) is 0 Å². The van der Waals surface area contributed by atoms with Crippen LogP contribution < -0.4 is 0 Å². The average molecular weight is 419 g/mol. The lowest BCUT2D eigenvalue weighted by atomic mass is 9.94. The third-order valence-electron chi connectivity index (χ3n) is 5.78. The summed E-state index contributed by atoms with van der Waals surface area (Å²) < 4.78 is 8.78. The van der Waals surface area contributed by atoms with Crippen LogP contribution in [0.15, 0.2) is 36.7 Å². The molecule has 0 radical (unpaired) electrons. The minimum atomic E-state index is -0.609. The average Bonchev–Trinajstić information content (AvgIpc) is 3.20. The first-order valence-corrected chi connectivity index (χ1v) is 11.2. The monoisotopic (exact) mass is 418 g/mol. The van der Waals surface area contributed by atoms with Gasteiger partial charge in [0.25, 0.3) is 0 Å². The second kappa shape index (κ2) is 10.6. The van der Waals surface area contributed by atoms with Crippen molar-refractivity contribution in [2.75, 3.05) is 46.9 Å². The van der Waals surface area contributed by atoms with E-state index in [4.69, 9.17) is 21.3 Å². The molecule has 0 bridgehead atoms. The van der Waals surface area contributed by atoms with Gasteiger partial charge in [0.05, 0.1) is 0 Å². The van der Waals surface area contributed by atoms with E-state index in [0.29, 0.717) is 6.61 Å². The molecule has 1 unspecified atom stereocenters. The van der Waals surface area contributed by atoms with Crippen LogP contribution >= 0.6 is 11.6 Å². The van der Waals surface area contributed by atoms with Crippen molar-refractivity contribution in [3.63, 3.8) is 0 Å². The molecule has 29 heavy (non-hydrogen) atoms. The summed E-state index contributed by atoms with van der Waals surface area (Å²) in [5.41, 5.74) is 0.472. The van der Waals surface area contributed by atoms with Gasteiger partial charge in [-0.1, -0.05) is 30.2 Å². The molecule has 0 N–H and O–H groups in total. The molecule has 1 saturated heterocycles. The van der Waals surface area contributed by atoms with Crippen molar-refractivity contribution in [2.24, 2.45) is 0 Å². The molecule has 1 aromatic heterocycles. The molecule has 1 aliphatic heterocycles. The molecule has 1 aromatic carbocycles. The Balaban J connectivity index is 1.78. The zero-order valence-electron chi connectivity index (χ0n) is 18.1. The number of halogens is 1. The number of nitrogens with zero attached hydrogens (tertiary/aromatic N) is 4. The summed E-state index contributed by atoms with van der Waals surface area (Å²) in [6.45, 7) is 8.21. The standard InChI is InChI=1S/C23H35ClN4O/c1-23(29-19-7-13-26(2)3,20-8-10-21(24)11-9-20)22-25-12-16-28(22)18-17-27-14-5-4-6-15-27/h8-12,16H,4-7,13-15,17-19H2,1-3H3. The molecule has 5 nitrogen and oxygen atoms in total. The fraction of sp³-hybridized carbons (Fsp3) is 0.609. The number of likely N-dealkylation sites (tertiary alicyclic amines) is 1. The molecular formula is C23H35ClN4O. The van der Waals surface area contributed by atoms with Crippen LogP contribution in [0.1, 0.15) is 44.0 Å². The summed E-state index contributed by atoms with van der Waals surface area (Å²) in [7, 11) is 4.18. The van der Waals surface area contributed by atoms with Crippen LogP contribution in [0, 0.1) is 0 Å². The molecule has 0 amide bonds. The molecule has 1 atom stereocenters. The van der Waals surface area contributed by atoms with Crippen LogP contribution in [0.25, 0.3) is 0 Å². The zero-order valence-corrected chi connectivity index (χ0v) is 18.9. The van der Waals surface area contributed by atoms with Crippen LogP contribution in [0.2, 0.25) is 5.02 Å². The zero-order chi connectivity index (χ0) is 20.7. The van der Waals surface area contributed by atoms with Crippen LogP contribution in [-0.4, -0.2) is 66.2 Å². The van der Waals surface area contributed by atoms with Gasteiger partial charge in [0.1, 0.15) is 11.4 Å². The molecular weight excluding hydrogens is 384 g/mol. The lowest BCUT2D eigenvalue weighted by Crippen LogP contribution is -2.35. The van der Waals surface area contributed by atoms with Gasteiger partial charge in [0, 0.05) is 37.1 Å². The predicted molar refractivity (Wildman–Crippen MR) is 120 cm³/mol. The van der Waals surface area contributed by atoms with Gasteiger partial charge in [-0.25, -0.2) is 4.98 Å². The first kappa shape index (κ1) is 22.3. The molecule has 2 heterocycles. The van der Waals surface area contributed by atoms with Crippen molar-refractivity contribution in [2.45, 2.75) is 44.8 Å². The lowest BCUT2D eigenvalue weighted by Gasteiger charge is -2.32. The van der Waals surface area contributed by atoms with E-state index in [2.05, 4.69) is 53.7 Å². The van der Waals surface area contributed by atoms with Gasteiger partial charge in [-0.05, 0) is 77.6 Å².